The average molecular weight is 459 g/mol. The Morgan fingerprint density at radius 1 is 1.09 bits per heavy atom. The van der Waals surface area contributed by atoms with Crippen LogP contribution in [0.5, 0.6) is 0 Å². The van der Waals surface area contributed by atoms with Crippen LogP contribution in [0, 0.1) is 27.4 Å². The lowest BCUT2D eigenvalue weighted by Crippen LogP contribution is -2.37. The van der Waals surface area contributed by atoms with Gasteiger partial charge in [0.1, 0.15) is 0 Å². The van der Waals surface area contributed by atoms with Crippen molar-refractivity contribution in [1.29, 1.82) is 0 Å². The zero-order valence-electron chi connectivity index (χ0n) is 18.2. The summed E-state index contributed by atoms with van der Waals surface area (Å²) in [5, 5.41) is 24.0. The van der Waals surface area contributed by atoms with Crippen molar-refractivity contribution in [2.45, 2.75) is 19.8 Å². The van der Waals surface area contributed by atoms with Crippen molar-refractivity contribution in [2.24, 2.45) is 17.3 Å². The molecule has 1 aromatic heterocycles. The number of aromatic nitrogens is 2. The zero-order valence-corrected chi connectivity index (χ0v) is 18.2. The van der Waals surface area contributed by atoms with Gasteiger partial charge in [-0.1, -0.05) is 36.3 Å². The summed E-state index contributed by atoms with van der Waals surface area (Å²) in [7, 11) is 0. The fourth-order valence-electron chi connectivity index (χ4n) is 4.69. The summed E-state index contributed by atoms with van der Waals surface area (Å²) in [6.07, 6.45) is 6.07. The first-order valence-electron chi connectivity index (χ1n) is 10.8. The number of allylic oxidation sites excluding steroid dienone is 2. The summed E-state index contributed by atoms with van der Waals surface area (Å²) >= 11 is 0. The number of carbonyl (C=O) groups excluding carboxylic acids is 2. The van der Waals surface area contributed by atoms with Crippen molar-refractivity contribution >= 4 is 29.2 Å². The maximum Gasteiger partial charge on any atom is 0.322 e. The van der Waals surface area contributed by atoms with Gasteiger partial charge in [0.15, 0.2) is 0 Å². The van der Waals surface area contributed by atoms with Crippen molar-refractivity contribution < 1.29 is 18.9 Å². The number of hydrogen-bond acceptors (Lipinski definition) is 7. The number of benzene rings is 2. The molecule has 10 nitrogen and oxygen atoms in total. The minimum Gasteiger partial charge on any atom is -0.403 e. The number of anilines is 2. The Balaban J connectivity index is 1.30. The maximum absolute atomic E-state index is 13.1. The molecular weight excluding hydrogens is 438 g/mol. The molecule has 34 heavy (non-hydrogen) atoms. The summed E-state index contributed by atoms with van der Waals surface area (Å²) in [6.45, 7) is 1.97. The monoisotopic (exact) mass is 459 g/mol. The van der Waals surface area contributed by atoms with E-state index < -0.39 is 16.2 Å². The van der Waals surface area contributed by atoms with Crippen molar-refractivity contribution in [1.82, 2.24) is 10.2 Å². The Bertz CT molecular complexity index is 1320. The van der Waals surface area contributed by atoms with Crippen molar-refractivity contribution in [3.8, 4) is 11.5 Å². The predicted molar refractivity (Wildman–Crippen MR) is 123 cm³/mol. The SMILES string of the molecule is C[C@@]1(C(=O)Nc2ccccc2C(=O)Nc2nnc(-c3ccc([N+](=O)[O-])cc3)o2)C[C@H]2C=C[C@H]1C2. The van der Waals surface area contributed by atoms with Gasteiger partial charge in [-0.15, -0.1) is 5.10 Å². The molecule has 5 rings (SSSR count). The molecule has 0 aliphatic heterocycles. The number of fused-ring (bicyclic) bond motifs is 2. The van der Waals surface area contributed by atoms with E-state index in [1.165, 1.54) is 24.3 Å². The molecule has 3 atom stereocenters. The number of nitrogens with zero attached hydrogens (tertiary/aromatic N) is 3. The number of non-ortho nitro benzene ring substituents is 1. The van der Waals surface area contributed by atoms with E-state index in [2.05, 4.69) is 33.0 Å². The van der Waals surface area contributed by atoms with Crippen LogP contribution in [0.3, 0.4) is 0 Å². The molecule has 0 radical (unpaired) electrons. The maximum atomic E-state index is 13.1. The van der Waals surface area contributed by atoms with Gasteiger partial charge in [0.2, 0.25) is 11.8 Å². The van der Waals surface area contributed by atoms with Gasteiger partial charge in [-0.25, -0.2) is 0 Å². The molecule has 3 aromatic rings. The highest BCUT2D eigenvalue weighted by molar-refractivity contribution is 6.10. The number of para-hydroxylation sites is 1. The third kappa shape index (κ3) is 3.83. The Morgan fingerprint density at radius 3 is 2.53 bits per heavy atom. The first-order valence-corrected chi connectivity index (χ1v) is 10.8. The van der Waals surface area contributed by atoms with Gasteiger partial charge in [0.25, 0.3) is 11.6 Å². The largest absolute Gasteiger partial charge is 0.403 e. The predicted octanol–water partition coefficient (Wildman–Crippen LogP) is 4.44. The van der Waals surface area contributed by atoms with E-state index in [0.717, 1.165) is 12.8 Å². The summed E-state index contributed by atoms with van der Waals surface area (Å²) < 4.78 is 5.49. The van der Waals surface area contributed by atoms with Crippen LogP contribution < -0.4 is 10.6 Å². The molecule has 10 heteroatoms. The number of nitro groups is 1. The highest BCUT2D eigenvalue weighted by Crippen LogP contribution is 2.52. The number of nitrogens with one attached hydrogen (secondary N) is 2. The molecular formula is C24H21N5O5. The molecule has 0 unspecified atom stereocenters. The molecule has 0 saturated heterocycles. The van der Waals surface area contributed by atoms with Gasteiger partial charge in [-0.2, -0.15) is 0 Å². The van der Waals surface area contributed by atoms with Gasteiger partial charge in [-0.3, -0.25) is 25.0 Å². The van der Waals surface area contributed by atoms with E-state index in [9.17, 15) is 19.7 Å². The molecule has 2 bridgehead atoms. The molecule has 1 fully saturated rings. The second-order valence-corrected chi connectivity index (χ2v) is 8.78. The summed E-state index contributed by atoms with van der Waals surface area (Å²) in [4.78, 5) is 36.4. The van der Waals surface area contributed by atoms with E-state index in [-0.39, 0.29) is 35.0 Å². The third-order valence-electron chi connectivity index (χ3n) is 6.59. The summed E-state index contributed by atoms with van der Waals surface area (Å²) in [5.74, 6) is 0.108. The first kappa shape index (κ1) is 21.5. The highest BCUT2D eigenvalue weighted by atomic mass is 16.6. The zero-order chi connectivity index (χ0) is 23.9. The second kappa shape index (κ2) is 8.22. The topological polar surface area (TPSA) is 140 Å². The lowest BCUT2D eigenvalue weighted by Gasteiger charge is -2.30. The van der Waals surface area contributed by atoms with Crippen LogP contribution in [-0.4, -0.2) is 26.9 Å². The third-order valence-corrected chi connectivity index (χ3v) is 6.59. The number of rotatable bonds is 6. The van der Waals surface area contributed by atoms with E-state index in [4.69, 9.17) is 4.42 Å². The van der Waals surface area contributed by atoms with E-state index in [1.807, 2.05) is 6.92 Å². The number of amides is 2. The average Bonchev–Trinajstić information content (AvgIpc) is 3.56. The number of carbonyl (C=O) groups is 2. The molecule has 2 aliphatic rings. The molecule has 172 valence electrons. The highest BCUT2D eigenvalue weighted by Gasteiger charge is 2.50. The fraction of sp³-hybridized carbons (Fsp3) is 0.250. The fourth-order valence-corrected chi connectivity index (χ4v) is 4.69. The van der Waals surface area contributed by atoms with Crippen LogP contribution >= 0.6 is 0 Å². The van der Waals surface area contributed by atoms with Gasteiger partial charge < -0.3 is 9.73 Å². The molecule has 0 spiro atoms. The van der Waals surface area contributed by atoms with E-state index in [1.54, 1.807) is 24.3 Å². The number of nitro benzene ring substituents is 1. The Morgan fingerprint density at radius 2 is 1.85 bits per heavy atom. The molecule has 2 aliphatic carbocycles. The van der Waals surface area contributed by atoms with Crippen LogP contribution in [0.4, 0.5) is 17.4 Å². The normalized spacial score (nSPS) is 22.5. The Labute approximate surface area is 194 Å². The summed E-state index contributed by atoms with van der Waals surface area (Å²) in [5.41, 5.74) is 0.557. The first-order chi connectivity index (χ1) is 16.3. The molecule has 2 N–H and O–H groups in total. The smallest absolute Gasteiger partial charge is 0.322 e. The van der Waals surface area contributed by atoms with Gasteiger partial charge in [0.05, 0.1) is 21.6 Å². The molecule has 2 aromatic carbocycles. The van der Waals surface area contributed by atoms with Crippen LogP contribution in [0.15, 0.2) is 65.1 Å². The van der Waals surface area contributed by atoms with Gasteiger partial charge in [0, 0.05) is 17.7 Å². The minimum atomic E-state index is -0.521. The van der Waals surface area contributed by atoms with E-state index in [0.29, 0.717) is 17.2 Å². The van der Waals surface area contributed by atoms with Crippen LogP contribution in [0.1, 0.15) is 30.1 Å². The van der Waals surface area contributed by atoms with Crippen LogP contribution in [-0.2, 0) is 4.79 Å². The lowest BCUT2D eigenvalue weighted by molar-refractivity contribution is -0.384. The van der Waals surface area contributed by atoms with Crippen LogP contribution in [0.2, 0.25) is 0 Å². The molecule has 1 heterocycles. The van der Waals surface area contributed by atoms with Gasteiger partial charge >= 0.3 is 6.01 Å². The van der Waals surface area contributed by atoms with E-state index >= 15 is 0 Å². The number of hydrogen-bond donors (Lipinski definition) is 2. The molecule has 2 amide bonds. The summed E-state index contributed by atoms with van der Waals surface area (Å²) in [6, 6.07) is 12.2. The quantitative estimate of drug-likeness (QED) is 0.315. The molecule has 1 saturated carbocycles. The Kier molecular flexibility index (Phi) is 5.20. The van der Waals surface area contributed by atoms with Crippen molar-refractivity contribution in [3.05, 3.63) is 76.4 Å². The van der Waals surface area contributed by atoms with Crippen LogP contribution in [0.25, 0.3) is 11.5 Å². The standard InChI is InChI=1S/C24H21N5O5/c1-24(13-14-6-9-16(24)12-14)22(31)25-19-5-3-2-4-18(19)20(30)26-23-28-27-21(34-23)15-7-10-17(11-8-15)29(32)33/h2-11,14,16H,12-13H2,1H3,(H,25,31)(H,26,28,30)/t14-,16-,24+/m0/s1. The Hall–Kier alpha value is -4.34. The van der Waals surface area contributed by atoms with Crippen molar-refractivity contribution in [2.75, 3.05) is 10.6 Å². The lowest BCUT2D eigenvalue weighted by atomic mass is 9.76. The van der Waals surface area contributed by atoms with Gasteiger partial charge in [-0.05, 0) is 48.9 Å². The minimum absolute atomic E-state index is 0.0641. The second-order valence-electron chi connectivity index (χ2n) is 8.78. The van der Waals surface area contributed by atoms with Crippen molar-refractivity contribution in [3.63, 3.8) is 0 Å².